The zero-order valence-corrected chi connectivity index (χ0v) is 12.8. The average Bonchev–Trinajstić information content (AvgIpc) is 2.52. The molecule has 0 radical (unpaired) electrons. The Morgan fingerprint density at radius 3 is 2.23 bits per heavy atom. The van der Waals surface area contributed by atoms with Crippen molar-refractivity contribution < 1.29 is 14.2 Å². The first-order valence-electron chi connectivity index (χ1n) is 6.57. The van der Waals surface area contributed by atoms with Crippen molar-refractivity contribution >= 4 is 11.5 Å². The predicted octanol–water partition coefficient (Wildman–Crippen LogP) is 0.812. The summed E-state index contributed by atoms with van der Waals surface area (Å²) in [6.45, 7) is 4.08. The first-order chi connectivity index (χ1) is 10.5. The van der Waals surface area contributed by atoms with Crippen LogP contribution in [0.3, 0.4) is 0 Å². The Hall–Kier alpha value is -2.67. The largest absolute Gasteiger partial charge is 0.493 e. The molecule has 0 spiro atoms. The molecule has 0 saturated carbocycles. The molecule has 0 aromatic heterocycles. The second-order valence-electron chi connectivity index (χ2n) is 4.60. The molecule has 5 N–H and O–H groups in total. The van der Waals surface area contributed by atoms with Gasteiger partial charge in [0.05, 0.1) is 21.3 Å². The average molecular weight is 304 g/mol. The van der Waals surface area contributed by atoms with Gasteiger partial charge in [-0.25, -0.2) is 4.99 Å². The maximum absolute atomic E-state index is 5.98. The monoisotopic (exact) mass is 304 g/mol. The quantitative estimate of drug-likeness (QED) is 0.744. The van der Waals surface area contributed by atoms with Crippen molar-refractivity contribution in [3.8, 4) is 17.2 Å². The first kappa shape index (κ1) is 15.7. The first-order valence-corrected chi connectivity index (χ1v) is 6.57. The van der Waals surface area contributed by atoms with Gasteiger partial charge < -0.3 is 31.0 Å². The fourth-order valence-electron chi connectivity index (χ4n) is 2.18. The molecule has 7 nitrogen and oxygen atoms in total. The number of aliphatic imine (C=N–C) groups is 1. The molecule has 1 aliphatic rings. The van der Waals surface area contributed by atoms with E-state index >= 15 is 0 Å². The highest BCUT2D eigenvalue weighted by atomic mass is 16.5. The number of guanidine groups is 1. The van der Waals surface area contributed by atoms with Gasteiger partial charge in [0.15, 0.2) is 17.5 Å². The van der Waals surface area contributed by atoms with Crippen LogP contribution in [0.15, 0.2) is 35.5 Å². The van der Waals surface area contributed by atoms with Crippen molar-refractivity contribution in [2.45, 2.75) is 6.17 Å². The predicted molar refractivity (Wildman–Crippen MR) is 85.9 cm³/mol. The molecule has 1 unspecified atom stereocenters. The van der Waals surface area contributed by atoms with Gasteiger partial charge in [0.2, 0.25) is 5.75 Å². The van der Waals surface area contributed by atoms with Crippen LogP contribution >= 0.6 is 0 Å². The van der Waals surface area contributed by atoms with Gasteiger partial charge in [0.1, 0.15) is 6.17 Å². The van der Waals surface area contributed by atoms with Gasteiger partial charge in [-0.3, -0.25) is 0 Å². The summed E-state index contributed by atoms with van der Waals surface area (Å²) in [6, 6.07) is 3.61. The number of hydrogen-bond acceptors (Lipinski definition) is 7. The van der Waals surface area contributed by atoms with Gasteiger partial charge >= 0.3 is 0 Å². The van der Waals surface area contributed by atoms with E-state index in [0.717, 1.165) is 11.1 Å². The van der Waals surface area contributed by atoms with Gasteiger partial charge in [-0.05, 0) is 23.3 Å². The molecule has 118 valence electrons. The van der Waals surface area contributed by atoms with Crippen LogP contribution < -0.4 is 31.0 Å². The van der Waals surface area contributed by atoms with Crippen molar-refractivity contribution in [1.29, 1.82) is 0 Å². The highest BCUT2D eigenvalue weighted by Gasteiger charge is 2.20. The summed E-state index contributed by atoms with van der Waals surface area (Å²) in [5.41, 5.74) is 13.8. The summed E-state index contributed by atoms with van der Waals surface area (Å²) < 4.78 is 16.0. The summed E-state index contributed by atoms with van der Waals surface area (Å²) in [5, 5.41) is 2.83. The van der Waals surface area contributed by atoms with Crippen LogP contribution in [0.4, 0.5) is 0 Å². The summed E-state index contributed by atoms with van der Waals surface area (Å²) in [6.07, 6.45) is 1.12. The minimum atomic E-state index is -0.576. The molecule has 1 aromatic rings. The van der Waals surface area contributed by atoms with Crippen molar-refractivity contribution in [3.05, 3.63) is 36.0 Å². The standard InChI is InChI=1S/C15H20N4O3/c1-8(10-7-18-15(17)19-14(10)16)9-5-11(20-2)13(22-4)12(6-9)21-3/h5-7,14H,1,16H2,2-4H3,(H3,17,18,19). The van der Waals surface area contributed by atoms with Crippen LogP contribution in [0, 0.1) is 0 Å². The highest BCUT2D eigenvalue weighted by Crippen LogP contribution is 2.41. The maximum atomic E-state index is 5.98. The molecule has 2 rings (SSSR count). The molecule has 22 heavy (non-hydrogen) atoms. The Balaban J connectivity index is 2.43. The number of nitrogens with zero attached hydrogens (tertiary/aromatic N) is 1. The van der Waals surface area contributed by atoms with Crippen LogP contribution in [0.1, 0.15) is 5.56 Å². The van der Waals surface area contributed by atoms with Gasteiger partial charge in [-0.15, -0.1) is 0 Å². The number of nitrogens with two attached hydrogens (primary N) is 2. The summed E-state index contributed by atoms with van der Waals surface area (Å²) in [4.78, 5) is 4.07. The van der Waals surface area contributed by atoms with E-state index < -0.39 is 6.17 Å². The normalized spacial score (nSPS) is 17.0. The SMILES string of the molecule is C=C(C1=CNC(N)=NC1N)c1cc(OC)c(OC)c(OC)c1. The third-order valence-electron chi connectivity index (χ3n) is 3.33. The smallest absolute Gasteiger partial charge is 0.203 e. The minimum absolute atomic E-state index is 0.272. The Bertz CT molecular complexity index is 627. The van der Waals surface area contributed by atoms with Crippen molar-refractivity contribution in [2.24, 2.45) is 16.5 Å². The van der Waals surface area contributed by atoms with E-state index in [1.165, 1.54) is 0 Å². The molecule has 0 saturated heterocycles. The van der Waals surface area contributed by atoms with E-state index in [2.05, 4.69) is 16.9 Å². The lowest BCUT2D eigenvalue weighted by Crippen LogP contribution is -2.37. The Morgan fingerprint density at radius 2 is 1.77 bits per heavy atom. The van der Waals surface area contributed by atoms with Crippen LogP contribution in [-0.2, 0) is 0 Å². The van der Waals surface area contributed by atoms with E-state index in [1.807, 2.05) is 0 Å². The zero-order valence-electron chi connectivity index (χ0n) is 12.8. The second-order valence-corrected chi connectivity index (χ2v) is 4.60. The molecule has 0 fully saturated rings. The Labute approximate surface area is 129 Å². The summed E-state index contributed by atoms with van der Waals surface area (Å²) in [7, 11) is 4.67. The molecule has 1 aromatic carbocycles. The van der Waals surface area contributed by atoms with Gasteiger partial charge in [-0.2, -0.15) is 0 Å². The van der Waals surface area contributed by atoms with E-state index in [-0.39, 0.29) is 5.96 Å². The number of nitrogens with one attached hydrogen (secondary N) is 1. The van der Waals surface area contributed by atoms with Crippen LogP contribution in [0.25, 0.3) is 5.57 Å². The number of methoxy groups -OCH3 is 3. The second kappa shape index (κ2) is 6.40. The van der Waals surface area contributed by atoms with Crippen LogP contribution in [0.5, 0.6) is 17.2 Å². The fourth-order valence-corrected chi connectivity index (χ4v) is 2.18. The minimum Gasteiger partial charge on any atom is -0.493 e. The summed E-state index contributed by atoms with van der Waals surface area (Å²) in [5.74, 6) is 1.87. The van der Waals surface area contributed by atoms with E-state index in [0.29, 0.717) is 22.8 Å². The molecule has 1 heterocycles. The van der Waals surface area contributed by atoms with E-state index in [1.54, 1.807) is 39.7 Å². The van der Waals surface area contributed by atoms with Gasteiger partial charge in [-0.1, -0.05) is 6.58 Å². The van der Waals surface area contributed by atoms with Crippen molar-refractivity contribution in [1.82, 2.24) is 5.32 Å². The zero-order chi connectivity index (χ0) is 16.3. The highest BCUT2D eigenvalue weighted by molar-refractivity contribution is 5.86. The number of ether oxygens (including phenoxy) is 3. The third kappa shape index (κ3) is 2.84. The molecule has 1 atom stereocenters. The number of hydrogen-bond donors (Lipinski definition) is 3. The molecule has 1 aliphatic heterocycles. The van der Waals surface area contributed by atoms with Gasteiger partial charge in [0.25, 0.3) is 0 Å². The third-order valence-corrected chi connectivity index (χ3v) is 3.33. The molecule has 0 amide bonds. The van der Waals surface area contributed by atoms with Crippen LogP contribution in [0.2, 0.25) is 0 Å². The van der Waals surface area contributed by atoms with E-state index in [9.17, 15) is 0 Å². The van der Waals surface area contributed by atoms with Gasteiger partial charge in [0, 0.05) is 11.8 Å². The lowest BCUT2D eigenvalue weighted by Gasteiger charge is -2.21. The number of rotatable bonds is 5. The van der Waals surface area contributed by atoms with E-state index in [4.69, 9.17) is 25.7 Å². The van der Waals surface area contributed by atoms with Crippen LogP contribution in [-0.4, -0.2) is 33.5 Å². The maximum Gasteiger partial charge on any atom is 0.203 e. The lowest BCUT2D eigenvalue weighted by atomic mass is 9.97. The topological polar surface area (TPSA) is 104 Å². The van der Waals surface area contributed by atoms with Crippen molar-refractivity contribution in [2.75, 3.05) is 21.3 Å². The molecular weight excluding hydrogens is 284 g/mol. The fraction of sp³-hybridized carbons (Fsp3) is 0.267. The molecule has 7 heteroatoms. The Kier molecular flexibility index (Phi) is 4.57. The lowest BCUT2D eigenvalue weighted by molar-refractivity contribution is 0.324. The molecule has 0 bridgehead atoms. The van der Waals surface area contributed by atoms with Crippen molar-refractivity contribution in [3.63, 3.8) is 0 Å². The summed E-state index contributed by atoms with van der Waals surface area (Å²) >= 11 is 0. The molecule has 0 aliphatic carbocycles. The Morgan fingerprint density at radius 1 is 1.18 bits per heavy atom. The number of benzene rings is 1. The molecular formula is C15H20N4O3.